The second kappa shape index (κ2) is 10.7. The normalized spacial score (nSPS) is 11.5. The fraction of sp³-hybridized carbons (Fsp3) is 0. The highest BCUT2D eigenvalue weighted by molar-refractivity contribution is 7.27. The number of fused-ring (bicyclic) bond motifs is 6. The average Bonchev–Trinajstić information content (AvgIpc) is 3.74. The monoisotopic (exact) mass is 623 g/mol. The van der Waals surface area contributed by atoms with Gasteiger partial charge in [-0.15, -0.1) is 22.7 Å². The molecule has 0 saturated heterocycles. The van der Waals surface area contributed by atoms with Gasteiger partial charge in [-0.1, -0.05) is 78.9 Å². The minimum atomic E-state index is 0.564. The van der Waals surface area contributed by atoms with Crippen LogP contribution >= 0.6 is 22.7 Å². The van der Waals surface area contributed by atoms with Gasteiger partial charge < -0.3 is 0 Å². The molecule has 0 spiro atoms. The van der Waals surface area contributed by atoms with Crippen LogP contribution in [-0.4, -0.2) is 19.9 Å². The molecular weight excluding hydrogens is 603 g/mol. The molecule has 6 aromatic carbocycles. The van der Waals surface area contributed by atoms with Crippen molar-refractivity contribution in [3.05, 3.63) is 133 Å². The lowest BCUT2D eigenvalue weighted by atomic mass is 10.1. The molecule has 0 aliphatic carbocycles. The summed E-state index contributed by atoms with van der Waals surface area (Å²) in [5.74, 6) is 1.77. The van der Waals surface area contributed by atoms with Gasteiger partial charge in [0, 0.05) is 47.8 Å². The Morgan fingerprint density at radius 3 is 1.98 bits per heavy atom. The Hall–Kier alpha value is -5.81. The lowest BCUT2D eigenvalue weighted by Crippen LogP contribution is -2.00. The van der Waals surface area contributed by atoms with Crippen molar-refractivity contribution in [2.24, 2.45) is 0 Å². The summed E-state index contributed by atoms with van der Waals surface area (Å²) in [7, 11) is 0. The average molecular weight is 624 g/mol. The highest BCUT2D eigenvalue weighted by atomic mass is 32.1. The van der Waals surface area contributed by atoms with Crippen LogP contribution in [0, 0.1) is 11.3 Å². The van der Waals surface area contributed by atoms with Crippen molar-refractivity contribution in [3.8, 4) is 50.8 Å². The summed E-state index contributed by atoms with van der Waals surface area (Å²) in [6.45, 7) is 0. The van der Waals surface area contributed by atoms with E-state index in [-0.39, 0.29) is 0 Å². The number of nitrogens with zero attached hydrogens (tertiary/aromatic N) is 5. The first-order chi connectivity index (χ1) is 22.7. The standard InChI is InChI=1S/C39H21N5S2/c40-22-23-13-15-26(16-14-23)37-42-36(25-8-2-1-3-9-25)43-38(44-37)27-18-19-32-31(21-27)29-11-6-12-30(35(29)45-32)39-41-34-28-10-5-4-7-24(28)17-20-33(34)46-39/h1-21H. The molecule has 0 N–H and O–H groups in total. The summed E-state index contributed by atoms with van der Waals surface area (Å²) < 4.78 is 3.61. The fourth-order valence-electron chi connectivity index (χ4n) is 5.93. The van der Waals surface area contributed by atoms with E-state index in [9.17, 15) is 5.26 Å². The summed E-state index contributed by atoms with van der Waals surface area (Å²) in [6.07, 6.45) is 0. The van der Waals surface area contributed by atoms with Crippen LogP contribution in [0.2, 0.25) is 0 Å². The zero-order valence-electron chi connectivity index (χ0n) is 24.2. The van der Waals surface area contributed by atoms with E-state index in [1.165, 1.54) is 30.3 Å². The second-order valence-corrected chi connectivity index (χ2v) is 13.1. The van der Waals surface area contributed by atoms with Crippen molar-refractivity contribution in [3.63, 3.8) is 0 Å². The molecule has 3 heterocycles. The van der Waals surface area contributed by atoms with Gasteiger partial charge in [0.15, 0.2) is 17.5 Å². The minimum Gasteiger partial charge on any atom is -0.235 e. The molecule has 0 aliphatic heterocycles. The maximum atomic E-state index is 9.29. The third kappa shape index (κ3) is 4.43. The van der Waals surface area contributed by atoms with Gasteiger partial charge in [-0.25, -0.2) is 19.9 Å². The predicted octanol–water partition coefficient (Wildman–Crippen LogP) is 10.5. The molecule has 5 nitrogen and oxygen atoms in total. The van der Waals surface area contributed by atoms with Crippen LogP contribution in [0.25, 0.3) is 85.9 Å². The van der Waals surface area contributed by atoms with Gasteiger partial charge in [0.25, 0.3) is 0 Å². The molecule has 0 aliphatic rings. The van der Waals surface area contributed by atoms with Gasteiger partial charge >= 0.3 is 0 Å². The zero-order valence-corrected chi connectivity index (χ0v) is 25.8. The van der Waals surface area contributed by atoms with E-state index in [1.54, 1.807) is 34.8 Å². The van der Waals surface area contributed by atoms with E-state index in [1.807, 2.05) is 42.5 Å². The Morgan fingerprint density at radius 1 is 0.500 bits per heavy atom. The number of nitriles is 1. The molecule has 46 heavy (non-hydrogen) atoms. The quantitative estimate of drug-likeness (QED) is 0.195. The van der Waals surface area contributed by atoms with Crippen LogP contribution in [0.15, 0.2) is 127 Å². The van der Waals surface area contributed by atoms with Crippen molar-refractivity contribution in [2.75, 3.05) is 0 Å². The van der Waals surface area contributed by atoms with Crippen molar-refractivity contribution in [1.29, 1.82) is 5.26 Å². The molecule has 0 fully saturated rings. The molecule has 0 bridgehead atoms. The van der Waals surface area contributed by atoms with Crippen LogP contribution in [0.5, 0.6) is 0 Å². The third-order valence-electron chi connectivity index (χ3n) is 8.21. The van der Waals surface area contributed by atoms with Crippen LogP contribution in [-0.2, 0) is 0 Å². The van der Waals surface area contributed by atoms with Crippen molar-refractivity contribution < 1.29 is 0 Å². The fourth-order valence-corrected chi connectivity index (χ4v) is 8.20. The largest absolute Gasteiger partial charge is 0.235 e. The number of benzene rings is 6. The Morgan fingerprint density at radius 2 is 1.17 bits per heavy atom. The molecule has 0 amide bonds. The van der Waals surface area contributed by atoms with E-state index < -0.39 is 0 Å². The SMILES string of the molecule is N#Cc1ccc(-c2nc(-c3ccccc3)nc(-c3ccc4sc5c(-c6nc7c(ccc8ccccc87)s6)cccc5c4c3)n2)cc1. The van der Waals surface area contributed by atoms with Crippen LogP contribution in [0.4, 0.5) is 0 Å². The number of aromatic nitrogens is 4. The maximum absolute atomic E-state index is 9.29. The Bertz CT molecular complexity index is 2650. The molecule has 214 valence electrons. The van der Waals surface area contributed by atoms with E-state index in [2.05, 4.69) is 78.9 Å². The first-order valence-electron chi connectivity index (χ1n) is 14.8. The highest BCUT2D eigenvalue weighted by Crippen LogP contribution is 2.43. The highest BCUT2D eigenvalue weighted by Gasteiger charge is 2.17. The first kappa shape index (κ1) is 26.6. The first-order valence-corrected chi connectivity index (χ1v) is 16.4. The Kier molecular flexibility index (Phi) is 6.17. The summed E-state index contributed by atoms with van der Waals surface area (Å²) in [6, 6.07) is 45.2. The molecule has 9 rings (SSSR count). The molecule has 7 heteroatoms. The van der Waals surface area contributed by atoms with Crippen molar-refractivity contribution >= 4 is 63.8 Å². The topological polar surface area (TPSA) is 75.3 Å². The maximum Gasteiger partial charge on any atom is 0.164 e. The number of thiazole rings is 1. The van der Waals surface area contributed by atoms with Crippen LogP contribution in [0.3, 0.4) is 0 Å². The van der Waals surface area contributed by atoms with Gasteiger partial charge in [0.1, 0.15) is 5.01 Å². The summed E-state index contributed by atoms with van der Waals surface area (Å²) >= 11 is 3.53. The number of hydrogen-bond donors (Lipinski definition) is 0. The lowest BCUT2D eigenvalue weighted by Gasteiger charge is -2.08. The van der Waals surface area contributed by atoms with Gasteiger partial charge in [-0.05, 0) is 53.9 Å². The molecule has 0 saturated carbocycles. The van der Waals surface area contributed by atoms with E-state index in [0.717, 1.165) is 38.2 Å². The Labute approximate surface area is 271 Å². The van der Waals surface area contributed by atoms with Gasteiger partial charge in [0.2, 0.25) is 0 Å². The summed E-state index contributed by atoms with van der Waals surface area (Å²) in [5.41, 5.74) is 5.46. The van der Waals surface area contributed by atoms with Gasteiger partial charge in [0.05, 0.1) is 21.8 Å². The lowest BCUT2D eigenvalue weighted by molar-refractivity contribution is 1.07. The van der Waals surface area contributed by atoms with Gasteiger partial charge in [-0.2, -0.15) is 5.26 Å². The summed E-state index contributed by atoms with van der Waals surface area (Å²) in [5, 5.41) is 15.1. The number of rotatable bonds is 4. The molecule has 0 radical (unpaired) electrons. The van der Waals surface area contributed by atoms with Crippen molar-refractivity contribution in [2.45, 2.75) is 0 Å². The van der Waals surface area contributed by atoms with Crippen LogP contribution in [0.1, 0.15) is 5.56 Å². The molecule has 3 aromatic heterocycles. The third-order valence-corrected chi connectivity index (χ3v) is 10.5. The molecule has 0 unspecified atom stereocenters. The zero-order chi connectivity index (χ0) is 30.6. The second-order valence-electron chi connectivity index (χ2n) is 11.0. The smallest absolute Gasteiger partial charge is 0.164 e. The molecule has 9 aromatic rings. The van der Waals surface area contributed by atoms with Crippen molar-refractivity contribution in [1.82, 2.24) is 19.9 Å². The molecular formula is C39H21N5S2. The number of thiophene rings is 1. The van der Waals surface area contributed by atoms with Crippen LogP contribution < -0.4 is 0 Å². The Balaban J connectivity index is 1.20. The predicted molar refractivity (Wildman–Crippen MR) is 190 cm³/mol. The van der Waals surface area contributed by atoms with E-state index >= 15 is 0 Å². The van der Waals surface area contributed by atoms with E-state index in [4.69, 9.17) is 19.9 Å². The molecule has 0 atom stereocenters. The number of hydrogen-bond acceptors (Lipinski definition) is 7. The van der Waals surface area contributed by atoms with Gasteiger partial charge in [-0.3, -0.25) is 0 Å². The summed E-state index contributed by atoms with van der Waals surface area (Å²) in [4.78, 5) is 19.9. The van der Waals surface area contributed by atoms with E-state index in [0.29, 0.717) is 23.0 Å². The minimum absolute atomic E-state index is 0.564.